The second-order valence-electron chi connectivity index (χ2n) is 3.28. The lowest BCUT2D eigenvalue weighted by atomic mass is 10.2. The summed E-state index contributed by atoms with van der Waals surface area (Å²) < 4.78 is 4.75. The van der Waals surface area contributed by atoms with Gasteiger partial charge in [0.15, 0.2) is 0 Å². The Hall–Kier alpha value is -0.940. The van der Waals surface area contributed by atoms with Crippen molar-refractivity contribution in [1.29, 1.82) is 0 Å². The van der Waals surface area contributed by atoms with Crippen LogP contribution in [-0.4, -0.2) is 47.7 Å². The number of nitrogens with zero attached hydrogens (tertiary/aromatic N) is 1. The molecule has 1 unspecified atom stereocenters. The summed E-state index contributed by atoms with van der Waals surface area (Å²) >= 11 is 0. The number of ether oxygens (including phenoxy) is 1. The Morgan fingerprint density at radius 3 is 2.50 bits per heavy atom. The molecule has 0 radical (unpaired) electrons. The van der Waals surface area contributed by atoms with Crippen molar-refractivity contribution in [2.24, 2.45) is 0 Å². The highest BCUT2D eigenvalue weighted by molar-refractivity contribution is 5.98. The van der Waals surface area contributed by atoms with E-state index in [0.29, 0.717) is 12.8 Å². The molecule has 0 aromatic heterocycles. The Balaban J connectivity index is 2.40. The number of rotatable bonds is 4. The minimum absolute atomic E-state index is 0.0338. The van der Waals surface area contributed by atoms with Crippen LogP contribution in [0.3, 0.4) is 0 Å². The van der Waals surface area contributed by atoms with Gasteiger partial charge >= 0.3 is 0 Å². The molecule has 1 aliphatic rings. The van der Waals surface area contributed by atoms with Crippen molar-refractivity contribution in [3.8, 4) is 0 Å². The summed E-state index contributed by atoms with van der Waals surface area (Å²) in [5.74, 6) is -0.630. The highest BCUT2D eigenvalue weighted by Gasteiger charge is 2.26. The van der Waals surface area contributed by atoms with E-state index in [1.807, 2.05) is 6.92 Å². The van der Waals surface area contributed by atoms with Crippen LogP contribution in [0.1, 0.15) is 19.8 Å². The lowest BCUT2D eigenvalue weighted by Crippen LogP contribution is -2.47. The maximum atomic E-state index is 11.2. The maximum Gasteiger partial charge on any atom is 0.255 e. The third-order valence-corrected chi connectivity index (χ3v) is 2.21. The standard InChI is InChI=1S/C9H15NO4/c1-2-7(11)3-4-10-8(12)5-14-6-9(10)13/h7,11H,2-6H2,1H3. The summed E-state index contributed by atoms with van der Waals surface area (Å²) in [4.78, 5) is 23.6. The molecule has 0 spiro atoms. The van der Waals surface area contributed by atoms with Crippen LogP contribution in [0.25, 0.3) is 0 Å². The van der Waals surface area contributed by atoms with Gasteiger partial charge in [-0.3, -0.25) is 14.5 Å². The quantitative estimate of drug-likeness (QED) is 0.624. The van der Waals surface area contributed by atoms with Crippen LogP contribution in [0.2, 0.25) is 0 Å². The van der Waals surface area contributed by atoms with Crippen LogP contribution in [0.5, 0.6) is 0 Å². The summed E-state index contributed by atoms with van der Waals surface area (Å²) in [6.07, 6.45) is 0.624. The Kier molecular flexibility index (Phi) is 4.03. The Bertz CT molecular complexity index is 213. The predicted octanol–water partition coefficient (Wildman–Crippen LogP) is -0.467. The van der Waals surface area contributed by atoms with Gasteiger partial charge < -0.3 is 9.84 Å². The fourth-order valence-electron chi connectivity index (χ4n) is 1.25. The zero-order valence-electron chi connectivity index (χ0n) is 8.23. The van der Waals surface area contributed by atoms with E-state index >= 15 is 0 Å². The first-order valence-corrected chi connectivity index (χ1v) is 4.74. The highest BCUT2D eigenvalue weighted by atomic mass is 16.5. The summed E-state index contributed by atoms with van der Waals surface area (Å²) in [5.41, 5.74) is 0. The Morgan fingerprint density at radius 2 is 2.00 bits per heavy atom. The monoisotopic (exact) mass is 201 g/mol. The van der Waals surface area contributed by atoms with E-state index in [4.69, 9.17) is 4.74 Å². The number of amides is 2. The third kappa shape index (κ3) is 2.78. The van der Waals surface area contributed by atoms with Gasteiger partial charge in [-0.25, -0.2) is 0 Å². The van der Waals surface area contributed by atoms with E-state index in [1.165, 1.54) is 0 Å². The molecule has 5 nitrogen and oxygen atoms in total. The Morgan fingerprint density at radius 1 is 1.43 bits per heavy atom. The van der Waals surface area contributed by atoms with Crippen LogP contribution in [0, 0.1) is 0 Å². The summed E-state index contributed by atoms with van der Waals surface area (Å²) in [6.45, 7) is 2.07. The lowest BCUT2D eigenvalue weighted by Gasteiger charge is -2.25. The van der Waals surface area contributed by atoms with E-state index in [9.17, 15) is 14.7 Å². The molecule has 0 aromatic rings. The van der Waals surface area contributed by atoms with Crippen molar-refractivity contribution in [1.82, 2.24) is 4.90 Å². The first kappa shape index (κ1) is 11.1. The fraction of sp³-hybridized carbons (Fsp3) is 0.778. The summed E-state index contributed by atoms with van der Waals surface area (Å²) in [5, 5.41) is 9.28. The van der Waals surface area contributed by atoms with Gasteiger partial charge in [-0.15, -0.1) is 0 Å². The largest absolute Gasteiger partial charge is 0.393 e. The van der Waals surface area contributed by atoms with Crippen LogP contribution >= 0.6 is 0 Å². The zero-order chi connectivity index (χ0) is 10.6. The number of imide groups is 1. The molecule has 1 fully saturated rings. The topological polar surface area (TPSA) is 66.8 Å². The molecule has 1 N–H and O–H groups in total. The second-order valence-corrected chi connectivity index (χ2v) is 3.28. The van der Waals surface area contributed by atoms with Gasteiger partial charge in [0.1, 0.15) is 13.2 Å². The number of carbonyl (C=O) groups is 2. The van der Waals surface area contributed by atoms with Gasteiger partial charge in [0.25, 0.3) is 11.8 Å². The van der Waals surface area contributed by atoms with Crippen molar-refractivity contribution in [3.05, 3.63) is 0 Å². The molecular formula is C9H15NO4. The van der Waals surface area contributed by atoms with Crippen molar-refractivity contribution in [2.75, 3.05) is 19.8 Å². The van der Waals surface area contributed by atoms with Gasteiger partial charge in [0, 0.05) is 6.54 Å². The summed E-state index contributed by atoms with van der Waals surface area (Å²) in [7, 11) is 0. The van der Waals surface area contributed by atoms with Crippen molar-refractivity contribution in [3.63, 3.8) is 0 Å². The molecule has 5 heteroatoms. The van der Waals surface area contributed by atoms with Gasteiger partial charge in [0.05, 0.1) is 6.10 Å². The number of aliphatic hydroxyl groups is 1. The molecule has 14 heavy (non-hydrogen) atoms. The smallest absolute Gasteiger partial charge is 0.255 e. The number of hydrogen-bond acceptors (Lipinski definition) is 4. The number of hydrogen-bond donors (Lipinski definition) is 1. The molecule has 0 aliphatic carbocycles. The molecular weight excluding hydrogens is 186 g/mol. The summed E-state index contributed by atoms with van der Waals surface area (Å²) in [6, 6.07) is 0. The van der Waals surface area contributed by atoms with E-state index in [-0.39, 0.29) is 31.6 Å². The molecule has 1 rings (SSSR count). The van der Waals surface area contributed by atoms with Crippen LogP contribution in [0.15, 0.2) is 0 Å². The maximum absolute atomic E-state index is 11.2. The highest BCUT2D eigenvalue weighted by Crippen LogP contribution is 2.05. The molecule has 0 aromatic carbocycles. The van der Waals surface area contributed by atoms with E-state index in [0.717, 1.165) is 4.90 Å². The van der Waals surface area contributed by atoms with Gasteiger partial charge in [-0.1, -0.05) is 6.92 Å². The second kappa shape index (κ2) is 5.07. The minimum Gasteiger partial charge on any atom is -0.393 e. The van der Waals surface area contributed by atoms with Gasteiger partial charge in [0.2, 0.25) is 0 Å². The molecule has 80 valence electrons. The average molecular weight is 201 g/mol. The molecule has 0 saturated carbocycles. The molecule has 1 aliphatic heterocycles. The predicted molar refractivity (Wildman–Crippen MR) is 48.5 cm³/mol. The average Bonchev–Trinajstić information content (AvgIpc) is 2.16. The minimum atomic E-state index is -0.446. The van der Waals surface area contributed by atoms with E-state index in [1.54, 1.807) is 0 Å². The first-order valence-electron chi connectivity index (χ1n) is 4.74. The van der Waals surface area contributed by atoms with Crippen molar-refractivity contribution in [2.45, 2.75) is 25.9 Å². The molecule has 1 atom stereocenters. The number of morpholine rings is 1. The van der Waals surface area contributed by atoms with E-state index < -0.39 is 6.10 Å². The van der Waals surface area contributed by atoms with Crippen molar-refractivity contribution < 1.29 is 19.4 Å². The normalized spacial score (nSPS) is 20.0. The lowest BCUT2D eigenvalue weighted by molar-refractivity contribution is -0.158. The Labute approximate surface area is 82.6 Å². The number of carbonyl (C=O) groups excluding carboxylic acids is 2. The van der Waals surface area contributed by atoms with Gasteiger partial charge in [-0.05, 0) is 12.8 Å². The third-order valence-electron chi connectivity index (χ3n) is 2.21. The van der Waals surface area contributed by atoms with Crippen LogP contribution in [0.4, 0.5) is 0 Å². The fourth-order valence-corrected chi connectivity index (χ4v) is 1.25. The van der Waals surface area contributed by atoms with E-state index in [2.05, 4.69) is 0 Å². The van der Waals surface area contributed by atoms with Gasteiger partial charge in [-0.2, -0.15) is 0 Å². The SMILES string of the molecule is CCC(O)CCN1C(=O)COCC1=O. The molecule has 0 bridgehead atoms. The van der Waals surface area contributed by atoms with Crippen molar-refractivity contribution >= 4 is 11.8 Å². The van der Waals surface area contributed by atoms with Crippen LogP contribution < -0.4 is 0 Å². The molecule has 1 saturated heterocycles. The zero-order valence-corrected chi connectivity index (χ0v) is 8.23. The number of aliphatic hydroxyl groups excluding tert-OH is 1. The van der Waals surface area contributed by atoms with Crippen LogP contribution in [-0.2, 0) is 14.3 Å². The molecule has 1 heterocycles. The molecule has 2 amide bonds. The first-order chi connectivity index (χ1) is 6.65.